The highest BCUT2D eigenvalue weighted by molar-refractivity contribution is 5.95. The number of benzene rings is 1. The lowest BCUT2D eigenvalue weighted by molar-refractivity contribution is -0.384. The third-order valence-electron chi connectivity index (χ3n) is 2.79. The molecule has 0 spiro atoms. The molecule has 0 heterocycles. The lowest BCUT2D eigenvalue weighted by Gasteiger charge is -2.10. The van der Waals surface area contributed by atoms with Crippen LogP contribution in [0.3, 0.4) is 0 Å². The van der Waals surface area contributed by atoms with E-state index >= 15 is 0 Å². The Morgan fingerprint density at radius 3 is 2.65 bits per heavy atom. The molecule has 7 heteroatoms. The number of carbonyl (C=O) groups excluding carboxylic acids is 1. The summed E-state index contributed by atoms with van der Waals surface area (Å²) in [5.74, 6) is -0.297. The van der Waals surface area contributed by atoms with E-state index in [0.29, 0.717) is 17.8 Å². The summed E-state index contributed by atoms with van der Waals surface area (Å²) in [5, 5.41) is 16.4. The summed E-state index contributed by atoms with van der Waals surface area (Å²) in [6.45, 7) is 1.41. The van der Waals surface area contributed by atoms with Gasteiger partial charge in [-0.3, -0.25) is 14.9 Å². The van der Waals surface area contributed by atoms with Gasteiger partial charge in [0.05, 0.1) is 4.92 Å². The molecule has 0 radical (unpaired) electrons. The van der Waals surface area contributed by atoms with Crippen molar-refractivity contribution in [2.24, 2.45) is 0 Å². The largest absolute Gasteiger partial charge is 0.383 e. The molecule has 0 aromatic heterocycles. The quantitative estimate of drug-likeness (QED) is 0.447. The molecule has 0 aliphatic rings. The number of hydrogen-bond acceptors (Lipinski definition) is 5. The van der Waals surface area contributed by atoms with E-state index in [1.807, 2.05) is 19.0 Å². The number of carbonyl (C=O) groups is 1. The third-order valence-corrected chi connectivity index (χ3v) is 2.79. The zero-order chi connectivity index (χ0) is 15.1. The fourth-order valence-electron chi connectivity index (χ4n) is 1.73. The van der Waals surface area contributed by atoms with Gasteiger partial charge < -0.3 is 15.5 Å². The van der Waals surface area contributed by atoms with Crippen molar-refractivity contribution < 1.29 is 9.72 Å². The Morgan fingerprint density at radius 1 is 1.40 bits per heavy atom. The van der Waals surface area contributed by atoms with Crippen LogP contribution >= 0.6 is 0 Å². The number of hydrogen-bond donors (Lipinski definition) is 2. The molecule has 20 heavy (non-hydrogen) atoms. The van der Waals surface area contributed by atoms with Crippen LogP contribution in [-0.4, -0.2) is 50.0 Å². The summed E-state index contributed by atoms with van der Waals surface area (Å²) in [7, 11) is 5.52. The molecule has 0 saturated carbocycles. The monoisotopic (exact) mass is 280 g/mol. The smallest absolute Gasteiger partial charge is 0.293 e. The zero-order valence-electron chi connectivity index (χ0n) is 12.0. The van der Waals surface area contributed by atoms with Gasteiger partial charge in [0.15, 0.2) is 0 Å². The van der Waals surface area contributed by atoms with E-state index in [4.69, 9.17) is 0 Å². The molecule has 1 aromatic rings. The van der Waals surface area contributed by atoms with E-state index in [2.05, 4.69) is 10.6 Å². The van der Waals surface area contributed by atoms with Crippen LogP contribution in [0.2, 0.25) is 0 Å². The van der Waals surface area contributed by atoms with Crippen molar-refractivity contribution in [2.75, 3.05) is 39.5 Å². The summed E-state index contributed by atoms with van der Waals surface area (Å²) in [6.07, 6.45) is 0.829. The minimum absolute atomic E-state index is 0.103. The van der Waals surface area contributed by atoms with Crippen LogP contribution in [0.4, 0.5) is 11.4 Å². The molecule has 1 amide bonds. The van der Waals surface area contributed by atoms with Crippen molar-refractivity contribution in [3.8, 4) is 0 Å². The van der Waals surface area contributed by atoms with Crippen molar-refractivity contribution in [3.63, 3.8) is 0 Å². The number of nitro groups is 1. The molecule has 7 nitrogen and oxygen atoms in total. The third kappa shape index (κ3) is 4.51. The van der Waals surface area contributed by atoms with E-state index in [0.717, 1.165) is 13.0 Å². The van der Waals surface area contributed by atoms with E-state index in [-0.39, 0.29) is 11.6 Å². The highest BCUT2D eigenvalue weighted by Gasteiger charge is 2.16. The minimum Gasteiger partial charge on any atom is -0.383 e. The van der Waals surface area contributed by atoms with E-state index in [1.165, 1.54) is 12.1 Å². The highest BCUT2D eigenvalue weighted by Crippen LogP contribution is 2.24. The number of nitrogens with one attached hydrogen (secondary N) is 2. The molecular formula is C13H20N4O3. The Morgan fingerprint density at radius 2 is 2.10 bits per heavy atom. The Balaban J connectivity index is 2.69. The lowest BCUT2D eigenvalue weighted by atomic mass is 10.1. The SMILES string of the molecule is CNc1ccc(C(=O)NCCCN(C)C)cc1[N+](=O)[O-]. The van der Waals surface area contributed by atoms with Crippen LogP contribution < -0.4 is 10.6 Å². The predicted octanol–water partition coefficient (Wildman–Crippen LogP) is 1.32. The van der Waals surface area contributed by atoms with E-state index < -0.39 is 4.92 Å². The molecule has 0 aliphatic carbocycles. The molecule has 0 fully saturated rings. The van der Waals surface area contributed by atoms with Gasteiger partial charge in [0.25, 0.3) is 11.6 Å². The van der Waals surface area contributed by atoms with Crippen LogP contribution in [0.5, 0.6) is 0 Å². The molecule has 0 atom stereocenters. The first-order valence-electron chi connectivity index (χ1n) is 6.35. The maximum absolute atomic E-state index is 11.9. The summed E-state index contributed by atoms with van der Waals surface area (Å²) in [6, 6.07) is 4.39. The molecule has 1 rings (SSSR count). The number of anilines is 1. The van der Waals surface area contributed by atoms with Gasteiger partial charge in [-0.2, -0.15) is 0 Å². The van der Waals surface area contributed by atoms with Crippen molar-refractivity contribution in [3.05, 3.63) is 33.9 Å². The van der Waals surface area contributed by atoms with Crippen LogP contribution in [0.25, 0.3) is 0 Å². The number of nitrogens with zero attached hydrogens (tertiary/aromatic N) is 2. The fourth-order valence-corrected chi connectivity index (χ4v) is 1.73. The maximum atomic E-state index is 11.9. The van der Waals surface area contributed by atoms with Gasteiger partial charge in [-0.25, -0.2) is 0 Å². The topological polar surface area (TPSA) is 87.5 Å². The lowest BCUT2D eigenvalue weighted by Crippen LogP contribution is -2.27. The van der Waals surface area contributed by atoms with Crippen LogP contribution in [-0.2, 0) is 0 Å². The number of nitro benzene ring substituents is 1. The van der Waals surface area contributed by atoms with Gasteiger partial charge in [0.1, 0.15) is 5.69 Å². The first-order valence-corrected chi connectivity index (χ1v) is 6.35. The standard InChI is InChI=1S/C13H20N4O3/c1-14-11-6-5-10(9-12(11)17(19)20)13(18)15-7-4-8-16(2)3/h5-6,9,14H,4,7-8H2,1-3H3,(H,15,18). The molecule has 2 N–H and O–H groups in total. The molecular weight excluding hydrogens is 260 g/mol. The van der Waals surface area contributed by atoms with Crippen LogP contribution in [0, 0.1) is 10.1 Å². The summed E-state index contributed by atoms with van der Waals surface area (Å²) in [4.78, 5) is 24.3. The predicted molar refractivity (Wildman–Crippen MR) is 78.1 cm³/mol. The Hall–Kier alpha value is -2.15. The average Bonchev–Trinajstić information content (AvgIpc) is 2.42. The fraction of sp³-hybridized carbons (Fsp3) is 0.462. The summed E-state index contributed by atoms with van der Waals surface area (Å²) < 4.78 is 0. The second-order valence-corrected chi connectivity index (χ2v) is 4.65. The van der Waals surface area contributed by atoms with Gasteiger partial charge in [0.2, 0.25) is 0 Å². The Labute approximate surface area is 118 Å². The first-order chi connectivity index (χ1) is 9.45. The molecule has 0 bridgehead atoms. The van der Waals surface area contributed by atoms with Crippen molar-refractivity contribution >= 4 is 17.3 Å². The average molecular weight is 280 g/mol. The van der Waals surface area contributed by atoms with Gasteiger partial charge in [-0.05, 0) is 39.2 Å². The molecule has 0 aliphatic heterocycles. The second-order valence-electron chi connectivity index (χ2n) is 4.65. The van der Waals surface area contributed by atoms with E-state index in [1.54, 1.807) is 13.1 Å². The van der Waals surface area contributed by atoms with Gasteiger partial charge >= 0.3 is 0 Å². The van der Waals surface area contributed by atoms with Gasteiger partial charge in [0, 0.05) is 25.2 Å². The zero-order valence-corrected chi connectivity index (χ0v) is 12.0. The van der Waals surface area contributed by atoms with Crippen LogP contribution in [0.15, 0.2) is 18.2 Å². The van der Waals surface area contributed by atoms with Gasteiger partial charge in [-0.1, -0.05) is 0 Å². The summed E-state index contributed by atoms with van der Waals surface area (Å²) in [5.41, 5.74) is 0.577. The Kier molecular flexibility index (Phi) is 5.92. The van der Waals surface area contributed by atoms with Crippen molar-refractivity contribution in [2.45, 2.75) is 6.42 Å². The van der Waals surface area contributed by atoms with Crippen LogP contribution in [0.1, 0.15) is 16.8 Å². The van der Waals surface area contributed by atoms with Gasteiger partial charge in [-0.15, -0.1) is 0 Å². The highest BCUT2D eigenvalue weighted by atomic mass is 16.6. The first kappa shape index (κ1) is 15.9. The second kappa shape index (κ2) is 7.44. The Bertz CT molecular complexity index is 489. The molecule has 0 unspecified atom stereocenters. The molecule has 1 aromatic carbocycles. The van der Waals surface area contributed by atoms with E-state index in [9.17, 15) is 14.9 Å². The maximum Gasteiger partial charge on any atom is 0.293 e. The van der Waals surface area contributed by atoms with Crippen molar-refractivity contribution in [1.29, 1.82) is 0 Å². The number of amides is 1. The normalized spacial score (nSPS) is 10.4. The molecule has 110 valence electrons. The minimum atomic E-state index is -0.505. The van der Waals surface area contributed by atoms with Crippen molar-refractivity contribution in [1.82, 2.24) is 10.2 Å². The summed E-state index contributed by atoms with van der Waals surface area (Å²) >= 11 is 0. The number of rotatable bonds is 7. The molecule has 0 saturated heterocycles.